The smallest absolute Gasteiger partial charge is 0.0986 e. The van der Waals surface area contributed by atoms with Crippen LogP contribution >= 0.6 is 0 Å². The highest BCUT2D eigenvalue weighted by Gasteiger charge is 2.37. The van der Waals surface area contributed by atoms with Gasteiger partial charge in [0.25, 0.3) is 0 Å². The van der Waals surface area contributed by atoms with Gasteiger partial charge in [0.2, 0.25) is 0 Å². The molecule has 1 saturated heterocycles. The standard InChI is InChI=1S/C14H23NSi/c1-15-12-8-7-11-14(15)16(2,3)13-9-5-4-6-10-13/h4-6,9-10,14H,7-8,11-12H2,1-3H3. The number of hydrogen-bond acceptors (Lipinski definition) is 1. The highest BCUT2D eigenvalue weighted by atomic mass is 28.3. The number of nitrogens with zero attached hydrogens (tertiary/aromatic N) is 1. The molecule has 16 heavy (non-hydrogen) atoms. The van der Waals surface area contributed by atoms with Crippen LogP contribution < -0.4 is 5.19 Å². The molecule has 0 radical (unpaired) electrons. The van der Waals surface area contributed by atoms with E-state index in [1.807, 2.05) is 0 Å². The molecule has 1 atom stereocenters. The van der Waals surface area contributed by atoms with Gasteiger partial charge in [-0.15, -0.1) is 0 Å². The molecule has 0 spiro atoms. The zero-order valence-electron chi connectivity index (χ0n) is 10.7. The molecule has 0 amide bonds. The molecule has 1 heterocycles. The average Bonchev–Trinajstić information content (AvgIpc) is 2.30. The average molecular weight is 233 g/mol. The molecule has 1 aromatic carbocycles. The lowest BCUT2D eigenvalue weighted by Crippen LogP contribution is -2.60. The fraction of sp³-hybridized carbons (Fsp3) is 0.571. The topological polar surface area (TPSA) is 3.24 Å². The third-order valence-corrected chi connectivity index (χ3v) is 8.34. The number of hydrogen-bond donors (Lipinski definition) is 0. The molecule has 1 nitrogen and oxygen atoms in total. The van der Waals surface area contributed by atoms with E-state index in [-0.39, 0.29) is 0 Å². The Morgan fingerprint density at radius 2 is 1.81 bits per heavy atom. The van der Waals surface area contributed by atoms with E-state index >= 15 is 0 Å². The van der Waals surface area contributed by atoms with Gasteiger partial charge in [0, 0.05) is 5.67 Å². The highest BCUT2D eigenvalue weighted by molar-refractivity contribution is 6.91. The molecule has 0 saturated carbocycles. The van der Waals surface area contributed by atoms with Crippen molar-refractivity contribution in [3.05, 3.63) is 30.3 Å². The van der Waals surface area contributed by atoms with Gasteiger partial charge < -0.3 is 4.90 Å². The predicted molar refractivity (Wildman–Crippen MR) is 73.8 cm³/mol. The summed E-state index contributed by atoms with van der Waals surface area (Å²) >= 11 is 0. The molecular weight excluding hydrogens is 210 g/mol. The SMILES string of the molecule is CN1CCCCC1[Si](C)(C)c1ccccc1. The largest absolute Gasteiger partial charge is 0.306 e. The van der Waals surface area contributed by atoms with Crippen LogP contribution in [0, 0.1) is 0 Å². The Balaban J connectivity index is 2.23. The van der Waals surface area contributed by atoms with Crippen LogP contribution in [-0.4, -0.2) is 32.2 Å². The van der Waals surface area contributed by atoms with Crippen LogP contribution in [0.4, 0.5) is 0 Å². The lowest BCUT2D eigenvalue weighted by Gasteiger charge is -2.42. The molecule has 1 unspecified atom stereocenters. The number of likely N-dealkylation sites (tertiary alicyclic amines) is 1. The van der Waals surface area contributed by atoms with Crippen molar-refractivity contribution in [2.75, 3.05) is 13.6 Å². The molecule has 2 rings (SSSR count). The molecule has 1 aromatic rings. The second-order valence-electron chi connectivity index (χ2n) is 5.58. The molecule has 0 aliphatic carbocycles. The molecule has 0 aromatic heterocycles. The minimum absolute atomic E-state index is 0.823. The summed E-state index contributed by atoms with van der Waals surface area (Å²) in [6.45, 7) is 6.33. The summed E-state index contributed by atoms with van der Waals surface area (Å²) in [6.07, 6.45) is 4.19. The zero-order chi connectivity index (χ0) is 11.6. The van der Waals surface area contributed by atoms with Gasteiger partial charge in [-0.05, 0) is 26.4 Å². The van der Waals surface area contributed by atoms with Crippen molar-refractivity contribution in [3.8, 4) is 0 Å². The summed E-state index contributed by atoms with van der Waals surface area (Å²) in [7, 11) is 0.991. The van der Waals surface area contributed by atoms with Crippen molar-refractivity contribution in [2.45, 2.75) is 38.0 Å². The van der Waals surface area contributed by atoms with Gasteiger partial charge in [0.1, 0.15) is 0 Å². The van der Waals surface area contributed by atoms with E-state index in [0.717, 1.165) is 5.67 Å². The molecular formula is C14H23NSi. The number of rotatable bonds is 2. The summed E-state index contributed by atoms with van der Waals surface area (Å²) < 4.78 is 0. The van der Waals surface area contributed by atoms with Gasteiger partial charge in [-0.3, -0.25) is 0 Å². The normalized spacial score (nSPS) is 23.3. The van der Waals surface area contributed by atoms with Gasteiger partial charge in [0.15, 0.2) is 0 Å². The van der Waals surface area contributed by atoms with E-state index in [1.165, 1.54) is 25.8 Å². The van der Waals surface area contributed by atoms with Gasteiger partial charge in [0.05, 0.1) is 8.07 Å². The Hall–Kier alpha value is -0.603. The first-order valence-electron chi connectivity index (χ1n) is 6.38. The van der Waals surface area contributed by atoms with Crippen molar-refractivity contribution in [3.63, 3.8) is 0 Å². The predicted octanol–water partition coefficient (Wildman–Crippen LogP) is 2.63. The molecule has 1 fully saturated rings. The van der Waals surface area contributed by atoms with Crippen molar-refractivity contribution in [2.24, 2.45) is 0 Å². The highest BCUT2D eigenvalue weighted by Crippen LogP contribution is 2.23. The first-order chi connectivity index (χ1) is 7.62. The lowest BCUT2D eigenvalue weighted by atomic mass is 10.1. The second-order valence-corrected chi connectivity index (χ2v) is 10.3. The van der Waals surface area contributed by atoms with Crippen LogP contribution in [-0.2, 0) is 0 Å². The Labute approximate surface area is 100 Å². The Morgan fingerprint density at radius 3 is 2.44 bits per heavy atom. The van der Waals surface area contributed by atoms with Crippen molar-refractivity contribution >= 4 is 13.3 Å². The minimum Gasteiger partial charge on any atom is -0.306 e. The van der Waals surface area contributed by atoms with E-state index in [4.69, 9.17) is 0 Å². The fourth-order valence-electron chi connectivity index (χ4n) is 3.05. The monoisotopic (exact) mass is 233 g/mol. The Bertz CT molecular complexity index is 334. The second kappa shape index (κ2) is 4.72. The van der Waals surface area contributed by atoms with Gasteiger partial charge >= 0.3 is 0 Å². The van der Waals surface area contributed by atoms with E-state index in [9.17, 15) is 0 Å². The molecule has 1 aliphatic heterocycles. The summed E-state index contributed by atoms with van der Waals surface area (Å²) in [6, 6.07) is 11.2. The van der Waals surface area contributed by atoms with Gasteiger partial charge in [-0.1, -0.05) is 55.0 Å². The maximum Gasteiger partial charge on any atom is 0.0986 e. The first kappa shape index (κ1) is 11.9. The lowest BCUT2D eigenvalue weighted by molar-refractivity contribution is 0.238. The third kappa shape index (κ3) is 2.23. The molecule has 88 valence electrons. The maximum atomic E-state index is 2.60. The van der Waals surface area contributed by atoms with Crippen LogP contribution in [0.1, 0.15) is 19.3 Å². The van der Waals surface area contributed by atoms with Crippen LogP contribution in [0.5, 0.6) is 0 Å². The van der Waals surface area contributed by atoms with Crippen molar-refractivity contribution in [1.29, 1.82) is 0 Å². The molecule has 0 N–H and O–H groups in total. The van der Waals surface area contributed by atoms with E-state index in [2.05, 4.69) is 55.4 Å². The first-order valence-corrected chi connectivity index (χ1v) is 9.46. The Kier molecular flexibility index (Phi) is 3.50. The number of benzene rings is 1. The van der Waals surface area contributed by atoms with Crippen molar-refractivity contribution < 1.29 is 0 Å². The third-order valence-electron chi connectivity index (χ3n) is 4.12. The van der Waals surface area contributed by atoms with Crippen LogP contribution in [0.3, 0.4) is 0 Å². The number of piperidine rings is 1. The quantitative estimate of drug-likeness (QED) is 0.710. The summed E-state index contributed by atoms with van der Waals surface area (Å²) in [5, 5.41) is 1.61. The fourth-order valence-corrected chi connectivity index (χ4v) is 6.64. The molecule has 0 bridgehead atoms. The molecule has 1 aliphatic rings. The minimum atomic E-state index is -1.32. The zero-order valence-corrected chi connectivity index (χ0v) is 11.7. The van der Waals surface area contributed by atoms with Gasteiger partial charge in [-0.25, -0.2) is 0 Å². The summed E-state index contributed by atoms with van der Waals surface area (Å²) in [4.78, 5) is 2.60. The maximum absolute atomic E-state index is 2.60. The van der Waals surface area contributed by atoms with Crippen LogP contribution in [0.25, 0.3) is 0 Å². The van der Waals surface area contributed by atoms with E-state index in [0.29, 0.717) is 0 Å². The van der Waals surface area contributed by atoms with E-state index in [1.54, 1.807) is 5.19 Å². The van der Waals surface area contributed by atoms with Crippen LogP contribution in [0.15, 0.2) is 30.3 Å². The summed E-state index contributed by atoms with van der Waals surface area (Å²) in [5.41, 5.74) is 0.823. The van der Waals surface area contributed by atoms with E-state index < -0.39 is 8.07 Å². The molecule has 2 heteroatoms. The Morgan fingerprint density at radius 1 is 1.12 bits per heavy atom. The van der Waals surface area contributed by atoms with Crippen molar-refractivity contribution in [1.82, 2.24) is 4.90 Å². The van der Waals surface area contributed by atoms with Gasteiger partial charge in [-0.2, -0.15) is 0 Å². The summed E-state index contributed by atoms with van der Waals surface area (Å²) in [5.74, 6) is 0. The van der Waals surface area contributed by atoms with Crippen LogP contribution in [0.2, 0.25) is 13.1 Å².